The maximum Gasteiger partial charge on any atom is 0.0408 e. The summed E-state index contributed by atoms with van der Waals surface area (Å²) in [7, 11) is 0. The zero-order valence-corrected chi connectivity index (χ0v) is 11.7. The molecule has 1 fully saturated rings. The predicted octanol–water partition coefficient (Wildman–Crippen LogP) is 4.08. The highest BCUT2D eigenvalue weighted by molar-refractivity contribution is 6.30. The predicted molar refractivity (Wildman–Crippen MR) is 74.6 cm³/mol. The summed E-state index contributed by atoms with van der Waals surface area (Å²) in [5.41, 5.74) is 1.74. The SMILES string of the molecule is CC(C)(C)C1CCNCC1c1cccc(Cl)c1. The van der Waals surface area contributed by atoms with Crippen molar-refractivity contribution in [1.29, 1.82) is 0 Å². The Kier molecular flexibility index (Phi) is 3.79. The highest BCUT2D eigenvalue weighted by Crippen LogP contribution is 2.41. The van der Waals surface area contributed by atoms with Gasteiger partial charge in [-0.25, -0.2) is 0 Å². The number of hydrogen-bond donors (Lipinski definition) is 1. The fourth-order valence-corrected chi connectivity index (χ4v) is 3.18. The van der Waals surface area contributed by atoms with Crippen molar-refractivity contribution in [1.82, 2.24) is 5.32 Å². The van der Waals surface area contributed by atoms with E-state index >= 15 is 0 Å². The molecule has 2 heteroatoms. The van der Waals surface area contributed by atoms with Gasteiger partial charge in [0.1, 0.15) is 0 Å². The van der Waals surface area contributed by atoms with Gasteiger partial charge in [-0.1, -0.05) is 44.5 Å². The Labute approximate surface area is 110 Å². The molecule has 2 rings (SSSR count). The van der Waals surface area contributed by atoms with Crippen molar-refractivity contribution in [3.8, 4) is 0 Å². The first-order valence-corrected chi connectivity index (χ1v) is 6.82. The topological polar surface area (TPSA) is 12.0 Å². The first kappa shape index (κ1) is 12.9. The van der Waals surface area contributed by atoms with Crippen LogP contribution in [0.15, 0.2) is 24.3 Å². The molecular weight excluding hydrogens is 230 g/mol. The Morgan fingerprint density at radius 3 is 2.71 bits per heavy atom. The Hall–Kier alpha value is -0.530. The Balaban J connectivity index is 2.28. The third kappa shape index (κ3) is 3.02. The fraction of sp³-hybridized carbons (Fsp3) is 0.600. The van der Waals surface area contributed by atoms with Crippen LogP contribution in [0.1, 0.15) is 38.7 Å². The number of piperidine rings is 1. The summed E-state index contributed by atoms with van der Waals surface area (Å²) >= 11 is 6.11. The van der Waals surface area contributed by atoms with E-state index < -0.39 is 0 Å². The summed E-state index contributed by atoms with van der Waals surface area (Å²) in [5.74, 6) is 1.31. The van der Waals surface area contributed by atoms with Crippen LogP contribution in [0, 0.1) is 11.3 Å². The van der Waals surface area contributed by atoms with Crippen molar-refractivity contribution in [3.63, 3.8) is 0 Å². The molecule has 1 aromatic carbocycles. The van der Waals surface area contributed by atoms with Crippen molar-refractivity contribution in [3.05, 3.63) is 34.9 Å². The first-order valence-electron chi connectivity index (χ1n) is 6.44. The molecule has 1 aliphatic heterocycles. The van der Waals surface area contributed by atoms with Gasteiger partial charge in [0.05, 0.1) is 0 Å². The van der Waals surface area contributed by atoms with Crippen molar-refractivity contribution in [2.24, 2.45) is 11.3 Å². The third-order valence-corrected chi connectivity index (χ3v) is 4.11. The number of benzene rings is 1. The van der Waals surface area contributed by atoms with E-state index in [-0.39, 0.29) is 0 Å². The maximum atomic E-state index is 6.11. The van der Waals surface area contributed by atoms with Crippen molar-refractivity contribution in [2.45, 2.75) is 33.1 Å². The Morgan fingerprint density at radius 1 is 1.29 bits per heavy atom. The zero-order chi connectivity index (χ0) is 12.5. The Morgan fingerprint density at radius 2 is 2.06 bits per heavy atom. The smallest absolute Gasteiger partial charge is 0.0408 e. The summed E-state index contributed by atoms with van der Waals surface area (Å²) in [6.07, 6.45) is 1.25. The van der Waals surface area contributed by atoms with Gasteiger partial charge in [0, 0.05) is 11.6 Å². The van der Waals surface area contributed by atoms with Gasteiger partial charge >= 0.3 is 0 Å². The molecule has 1 heterocycles. The average molecular weight is 252 g/mol. The van der Waals surface area contributed by atoms with Crippen molar-refractivity contribution in [2.75, 3.05) is 13.1 Å². The van der Waals surface area contributed by atoms with Crippen molar-refractivity contribution < 1.29 is 0 Å². The molecule has 94 valence electrons. The standard InChI is InChI=1S/C15H22ClN/c1-15(2,3)14-7-8-17-10-13(14)11-5-4-6-12(16)9-11/h4-6,9,13-14,17H,7-8,10H2,1-3H3. The van der Waals surface area contributed by atoms with Crippen LogP contribution < -0.4 is 5.32 Å². The molecule has 0 bridgehead atoms. The van der Waals surface area contributed by atoms with Crippen LogP contribution >= 0.6 is 11.6 Å². The number of hydrogen-bond acceptors (Lipinski definition) is 1. The lowest BCUT2D eigenvalue weighted by molar-refractivity contribution is 0.160. The van der Waals surface area contributed by atoms with Crippen LogP contribution in [-0.4, -0.2) is 13.1 Å². The molecule has 1 aliphatic rings. The minimum Gasteiger partial charge on any atom is -0.316 e. The maximum absolute atomic E-state index is 6.11. The van der Waals surface area contributed by atoms with E-state index in [1.807, 2.05) is 6.07 Å². The molecule has 1 nitrogen and oxygen atoms in total. The molecule has 2 atom stereocenters. The van der Waals surface area contributed by atoms with Crippen LogP contribution in [0.25, 0.3) is 0 Å². The van der Waals surface area contributed by atoms with Crippen LogP contribution in [0.5, 0.6) is 0 Å². The van der Waals surface area contributed by atoms with E-state index in [4.69, 9.17) is 11.6 Å². The highest BCUT2D eigenvalue weighted by Gasteiger charge is 2.34. The van der Waals surface area contributed by atoms with Gasteiger partial charge in [-0.3, -0.25) is 0 Å². The minimum atomic E-state index is 0.356. The lowest BCUT2D eigenvalue weighted by Crippen LogP contribution is -2.40. The molecule has 0 saturated carbocycles. The molecule has 1 N–H and O–H groups in total. The molecular formula is C15H22ClN. The largest absolute Gasteiger partial charge is 0.316 e. The quantitative estimate of drug-likeness (QED) is 0.793. The summed E-state index contributed by atoms with van der Waals surface area (Å²) in [6, 6.07) is 8.35. The van der Waals surface area contributed by atoms with E-state index in [9.17, 15) is 0 Å². The van der Waals surface area contributed by atoms with Crippen LogP contribution in [0.3, 0.4) is 0 Å². The molecule has 0 radical (unpaired) electrons. The van der Waals surface area contributed by atoms with Gasteiger partial charge in [0.25, 0.3) is 0 Å². The van der Waals surface area contributed by atoms with Gasteiger partial charge < -0.3 is 5.32 Å². The molecule has 17 heavy (non-hydrogen) atoms. The van der Waals surface area contributed by atoms with Crippen LogP contribution in [0.4, 0.5) is 0 Å². The van der Waals surface area contributed by atoms with Gasteiger partial charge in [0.2, 0.25) is 0 Å². The second-order valence-electron chi connectivity index (χ2n) is 6.13. The summed E-state index contributed by atoms with van der Waals surface area (Å²) in [4.78, 5) is 0. The summed E-state index contributed by atoms with van der Waals surface area (Å²) < 4.78 is 0. The van der Waals surface area contributed by atoms with Crippen LogP contribution in [0.2, 0.25) is 5.02 Å². The Bertz CT molecular complexity index is 381. The summed E-state index contributed by atoms with van der Waals surface area (Å²) in [5, 5.41) is 4.36. The van der Waals surface area contributed by atoms with Gasteiger partial charge in [0.15, 0.2) is 0 Å². The zero-order valence-electron chi connectivity index (χ0n) is 11.0. The van der Waals surface area contributed by atoms with E-state index in [2.05, 4.69) is 44.3 Å². The van der Waals surface area contributed by atoms with Crippen LogP contribution in [-0.2, 0) is 0 Å². The van der Waals surface area contributed by atoms with Gasteiger partial charge in [-0.2, -0.15) is 0 Å². The van der Waals surface area contributed by atoms with E-state index in [1.165, 1.54) is 12.0 Å². The monoisotopic (exact) mass is 251 g/mol. The fourth-order valence-electron chi connectivity index (χ4n) is 2.98. The van der Waals surface area contributed by atoms with Gasteiger partial charge in [-0.15, -0.1) is 0 Å². The second kappa shape index (κ2) is 4.99. The lowest BCUT2D eigenvalue weighted by atomic mass is 9.68. The minimum absolute atomic E-state index is 0.356. The first-order chi connectivity index (χ1) is 7.98. The number of halogens is 1. The van der Waals surface area contributed by atoms with Gasteiger partial charge in [-0.05, 0) is 47.9 Å². The second-order valence-corrected chi connectivity index (χ2v) is 6.56. The molecule has 1 saturated heterocycles. The lowest BCUT2D eigenvalue weighted by Gasteiger charge is -2.41. The van der Waals surface area contributed by atoms with E-state index in [0.717, 1.165) is 24.0 Å². The number of rotatable bonds is 1. The van der Waals surface area contributed by atoms with E-state index in [0.29, 0.717) is 11.3 Å². The molecule has 0 aliphatic carbocycles. The normalized spacial score (nSPS) is 25.9. The van der Waals surface area contributed by atoms with E-state index in [1.54, 1.807) is 0 Å². The average Bonchev–Trinajstić information content (AvgIpc) is 2.28. The van der Waals surface area contributed by atoms with Crippen molar-refractivity contribution >= 4 is 11.6 Å². The number of nitrogens with one attached hydrogen (secondary N) is 1. The molecule has 0 spiro atoms. The molecule has 2 unspecified atom stereocenters. The highest BCUT2D eigenvalue weighted by atomic mass is 35.5. The summed E-state index contributed by atoms with van der Waals surface area (Å²) in [6.45, 7) is 9.25. The molecule has 0 aromatic heterocycles. The molecule has 1 aromatic rings. The third-order valence-electron chi connectivity index (χ3n) is 3.87. The molecule has 0 amide bonds.